The number of nitrogens with zero attached hydrogens (tertiary/aromatic N) is 5. The first-order valence-corrected chi connectivity index (χ1v) is 10.4. The Kier molecular flexibility index (Phi) is 4.86. The molecule has 0 unspecified atom stereocenters. The van der Waals surface area contributed by atoms with Crippen LogP contribution in [-0.4, -0.2) is 35.0 Å². The predicted octanol–water partition coefficient (Wildman–Crippen LogP) is 3.18. The number of H-pyrrole nitrogens is 1. The summed E-state index contributed by atoms with van der Waals surface area (Å²) in [5, 5.41) is 0. The molecule has 3 heterocycles. The van der Waals surface area contributed by atoms with Crippen LogP contribution in [0, 0.1) is 0 Å². The summed E-state index contributed by atoms with van der Waals surface area (Å²) in [4.78, 5) is 41.0. The molecular formula is C24H21N7O2. The van der Waals surface area contributed by atoms with Crippen LogP contribution in [0.2, 0.25) is 0 Å². The van der Waals surface area contributed by atoms with Crippen molar-refractivity contribution in [3.63, 3.8) is 0 Å². The van der Waals surface area contributed by atoms with Crippen molar-refractivity contribution < 1.29 is 4.79 Å². The Morgan fingerprint density at radius 3 is 2.48 bits per heavy atom. The standard InChI is InChI=1S/C24H21N7O2/c1-14(2)17-5-3-4-6-18(17)31-23-20(28-24(31)33)19(21(25)32)27-22(29-23)15-7-9-16(10-8-15)30-12-11-26-13-30/h3-14H,1-2H3,(H2,25,32)(H,28,33). The summed E-state index contributed by atoms with van der Waals surface area (Å²) in [6.07, 6.45) is 5.24. The number of para-hydroxylation sites is 1. The number of aromatic nitrogens is 6. The van der Waals surface area contributed by atoms with Crippen LogP contribution in [0.3, 0.4) is 0 Å². The molecule has 3 N–H and O–H groups in total. The minimum atomic E-state index is -0.746. The Labute approximate surface area is 188 Å². The van der Waals surface area contributed by atoms with Crippen molar-refractivity contribution in [2.45, 2.75) is 19.8 Å². The van der Waals surface area contributed by atoms with Crippen LogP contribution in [0.5, 0.6) is 0 Å². The van der Waals surface area contributed by atoms with Gasteiger partial charge in [-0.1, -0.05) is 32.0 Å². The summed E-state index contributed by atoms with van der Waals surface area (Å²) in [6.45, 7) is 4.10. The van der Waals surface area contributed by atoms with Gasteiger partial charge in [0.2, 0.25) is 0 Å². The normalized spacial score (nSPS) is 11.4. The largest absolute Gasteiger partial charge is 0.364 e. The first kappa shape index (κ1) is 20.4. The summed E-state index contributed by atoms with van der Waals surface area (Å²) in [5.41, 5.74) is 8.95. The Morgan fingerprint density at radius 1 is 1.06 bits per heavy atom. The van der Waals surface area contributed by atoms with Crippen molar-refractivity contribution in [1.82, 2.24) is 29.1 Å². The highest BCUT2D eigenvalue weighted by atomic mass is 16.2. The van der Waals surface area contributed by atoms with Crippen LogP contribution in [0.1, 0.15) is 35.8 Å². The number of nitrogens with two attached hydrogens (primary N) is 1. The molecule has 0 saturated heterocycles. The maximum Gasteiger partial charge on any atom is 0.332 e. The van der Waals surface area contributed by atoms with E-state index < -0.39 is 11.6 Å². The number of hydrogen-bond donors (Lipinski definition) is 2. The Morgan fingerprint density at radius 2 is 1.82 bits per heavy atom. The molecule has 3 aromatic heterocycles. The topological polar surface area (TPSA) is 124 Å². The van der Waals surface area contributed by atoms with Gasteiger partial charge in [0.25, 0.3) is 5.91 Å². The number of nitrogens with one attached hydrogen (secondary N) is 1. The van der Waals surface area contributed by atoms with E-state index in [0.717, 1.165) is 11.3 Å². The molecule has 164 valence electrons. The maximum absolute atomic E-state index is 13.0. The maximum atomic E-state index is 13.0. The fraction of sp³-hybridized carbons (Fsp3) is 0.125. The molecule has 0 bridgehead atoms. The lowest BCUT2D eigenvalue weighted by atomic mass is 10.0. The van der Waals surface area contributed by atoms with E-state index in [9.17, 15) is 9.59 Å². The third-order valence-corrected chi connectivity index (χ3v) is 5.50. The number of hydrogen-bond acceptors (Lipinski definition) is 5. The minimum Gasteiger partial charge on any atom is -0.364 e. The molecule has 0 aliphatic rings. The number of rotatable bonds is 5. The lowest BCUT2D eigenvalue weighted by Crippen LogP contribution is -2.17. The Hall–Kier alpha value is -4.53. The van der Waals surface area contributed by atoms with Gasteiger partial charge in [-0.2, -0.15) is 0 Å². The number of carbonyl (C=O) groups is 1. The van der Waals surface area contributed by atoms with Crippen LogP contribution in [0.4, 0.5) is 0 Å². The third-order valence-electron chi connectivity index (χ3n) is 5.50. The van der Waals surface area contributed by atoms with E-state index in [2.05, 4.69) is 33.8 Å². The van der Waals surface area contributed by atoms with Gasteiger partial charge in [0.15, 0.2) is 17.2 Å². The van der Waals surface area contributed by atoms with Crippen LogP contribution < -0.4 is 11.4 Å². The Balaban J connectivity index is 1.73. The van der Waals surface area contributed by atoms with Crippen LogP contribution in [0.25, 0.3) is 33.9 Å². The second-order valence-electron chi connectivity index (χ2n) is 7.95. The SMILES string of the molecule is CC(C)c1ccccc1-n1c(=O)[nH]c2c(C(N)=O)nc(-c3ccc(-n4ccnc4)cc3)nc21. The van der Waals surface area contributed by atoms with Crippen LogP contribution in [-0.2, 0) is 0 Å². The molecule has 5 aromatic rings. The fourth-order valence-corrected chi connectivity index (χ4v) is 3.89. The van der Waals surface area contributed by atoms with E-state index in [1.54, 1.807) is 12.5 Å². The van der Waals surface area contributed by atoms with Gasteiger partial charge in [-0.3, -0.25) is 4.79 Å². The molecule has 5 rings (SSSR count). The van der Waals surface area contributed by atoms with Crippen LogP contribution >= 0.6 is 0 Å². The van der Waals surface area contributed by atoms with Gasteiger partial charge in [0, 0.05) is 23.6 Å². The summed E-state index contributed by atoms with van der Waals surface area (Å²) >= 11 is 0. The molecule has 0 aliphatic heterocycles. The zero-order valence-electron chi connectivity index (χ0n) is 18.1. The van der Waals surface area contributed by atoms with Crippen molar-refractivity contribution in [3.8, 4) is 22.8 Å². The van der Waals surface area contributed by atoms with Crippen LogP contribution in [0.15, 0.2) is 72.0 Å². The van der Waals surface area contributed by atoms with Crippen molar-refractivity contribution in [2.24, 2.45) is 5.73 Å². The zero-order valence-corrected chi connectivity index (χ0v) is 18.1. The van der Waals surface area contributed by atoms with Crippen molar-refractivity contribution in [1.29, 1.82) is 0 Å². The number of fused-ring (bicyclic) bond motifs is 1. The van der Waals surface area contributed by atoms with Gasteiger partial charge in [-0.25, -0.2) is 24.3 Å². The summed E-state index contributed by atoms with van der Waals surface area (Å²) < 4.78 is 3.34. The lowest BCUT2D eigenvalue weighted by molar-refractivity contribution is 0.0997. The molecular weight excluding hydrogens is 418 g/mol. The molecule has 0 spiro atoms. The Bertz CT molecular complexity index is 1530. The lowest BCUT2D eigenvalue weighted by Gasteiger charge is -2.13. The molecule has 1 amide bonds. The van der Waals surface area contributed by atoms with E-state index >= 15 is 0 Å². The molecule has 2 aromatic carbocycles. The van der Waals surface area contributed by atoms with Crippen molar-refractivity contribution >= 4 is 17.1 Å². The quantitative estimate of drug-likeness (QED) is 0.435. The smallest absolute Gasteiger partial charge is 0.332 e. The summed E-state index contributed by atoms with van der Waals surface area (Å²) in [5.74, 6) is -0.279. The summed E-state index contributed by atoms with van der Waals surface area (Å²) in [7, 11) is 0. The molecule has 9 nitrogen and oxygen atoms in total. The first-order chi connectivity index (χ1) is 15.9. The predicted molar refractivity (Wildman–Crippen MR) is 125 cm³/mol. The minimum absolute atomic E-state index is 0.0356. The average molecular weight is 439 g/mol. The third kappa shape index (κ3) is 3.49. The molecule has 0 saturated carbocycles. The highest BCUT2D eigenvalue weighted by Crippen LogP contribution is 2.26. The van der Waals surface area contributed by atoms with E-state index in [4.69, 9.17) is 5.73 Å². The van der Waals surface area contributed by atoms with E-state index in [0.29, 0.717) is 22.7 Å². The van der Waals surface area contributed by atoms with Gasteiger partial charge >= 0.3 is 5.69 Å². The number of aromatic amines is 1. The van der Waals surface area contributed by atoms with Gasteiger partial charge in [-0.05, 0) is 41.8 Å². The monoisotopic (exact) mass is 439 g/mol. The number of primary amides is 1. The molecule has 33 heavy (non-hydrogen) atoms. The van der Waals surface area contributed by atoms with Crippen molar-refractivity contribution in [3.05, 3.63) is 89.0 Å². The second kappa shape index (κ2) is 7.86. The molecule has 9 heteroatoms. The van der Waals surface area contributed by atoms with E-state index in [1.165, 1.54) is 4.57 Å². The van der Waals surface area contributed by atoms with E-state index in [1.807, 2.05) is 59.3 Å². The number of imidazole rings is 2. The number of benzene rings is 2. The average Bonchev–Trinajstić information content (AvgIpc) is 3.46. The summed E-state index contributed by atoms with van der Waals surface area (Å²) in [6, 6.07) is 15.1. The molecule has 0 radical (unpaired) electrons. The molecule has 0 atom stereocenters. The van der Waals surface area contributed by atoms with Crippen molar-refractivity contribution in [2.75, 3.05) is 0 Å². The van der Waals surface area contributed by atoms with Gasteiger partial charge < -0.3 is 15.3 Å². The highest BCUT2D eigenvalue weighted by molar-refractivity contribution is 6.02. The second-order valence-corrected chi connectivity index (χ2v) is 7.95. The van der Waals surface area contributed by atoms with Gasteiger partial charge in [0.05, 0.1) is 12.0 Å². The number of amides is 1. The van der Waals surface area contributed by atoms with Gasteiger partial charge in [-0.15, -0.1) is 0 Å². The molecule has 0 aliphatic carbocycles. The zero-order chi connectivity index (χ0) is 23.1. The fourth-order valence-electron chi connectivity index (χ4n) is 3.89. The molecule has 0 fully saturated rings. The van der Waals surface area contributed by atoms with E-state index in [-0.39, 0.29) is 17.1 Å². The number of carbonyl (C=O) groups excluding carboxylic acids is 1. The highest BCUT2D eigenvalue weighted by Gasteiger charge is 2.21. The first-order valence-electron chi connectivity index (χ1n) is 10.4. The van der Waals surface area contributed by atoms with Gasteiger partial charge in [0.1, 0.15) is 5.52 Å².